The third-order valence-corrected chi connectivity index (χ3v) is 4.79. The molecule has 1 aliphatic heterocycles. The fourth-order valence-corrected chi connectivity index (χ4v) is 3.78. The van der Waals surface area contributed by atoms with Gasteiger partial charge in [0.05, 0.1) is 6.61 Å². The predicted octanol–water partition coefficient (Wildman–Crippen LogP) is 2.25. The lowest BCUT2D eigenvalue weighted by Crippen LogP contribution is -2.47. The zero-order valence-electron chi connectivity index (χ0n) is 11.9. The quantitative estimate of drug-likeness (QED) is 0.836. The topological polar surface area (TPSA) is 38.5 Å². The first-order valence-electron chi connectivity index (χ1n) is 7.87. The van der Waals surface area contributed by atoms with Gasteiger partial charge in [0.15, 0.2) is 0 Å². The lowest BCUT2D eigenvalue weighted by molar-refractivity contribution is 0.0723. The standard InChI is InChI=1S/C15H30N2O/c1-2-4-13-5-6-14(12-16)15(11-13)17-7-3-9-18-10-8-17/h13-15H,2-12,16H2,1H3. The van der Waals surface area contributed by atoms with E-state index in [1.54, 1.807) is 0 Å². The van der Waals surface area contributed by atoms with Crippen molar-refractivity contribution in [1.29, 1.82) is 0 Å². The molecule has 3 heteroatoms. The fourth-order valence-electron chi connectivity index (χ4n) is 3.78. The van der Waals surface area contributed by atoms with Gasteiger partial charge in [0.2, 0.25) is 0 Å². The van der Waals surface area contributed by atoms with E-state index in [0.29, 0.717) is 0 Å². The summed E-state index contributed by atoms with van der Waals surface area (Å²) in [7, 11) is 0. The molecule has 0 aromatic carbocycles. The Balaban J connectivity index is 1.95. The zero-order valence-corrected chi connectivity index (χ0v) is 11.9. The molecule has 0 radical (unpaired) electrons. The smallest absolute Gasteiger partial charge is 0.0593 e. The molecule has 2 aliphatic rings. The maximum absolute atomic E-state index is 6.00. The molecule has 0 amide bonds. The average Bonchev–Trinajstić information content (AvgIpc) is 2.68. The highest BCUT2D eigenvalue weighted by Gasteiger charge is 2.33. The van der Waals surface area contributed by atoms with Crippen LogP contribution in [0.25, 0.3) is 0 Å². The van der Waals surface area contributed by atoms with Gasteiger partial charge in [0.25, 0.3) is 0 Å². The molecule has 1 saturated carbocycles. The SMILES string of the molecule is CCCC1CCC(CN)C(N2CCCOCC2)C1. The van der Waals surface area contributed by atoms with Crippen LogP contribution in [0.1, 0.15) is 45.4 Å². The summed E-state index contributed by atoms with van der Waals surface area (Å²) in [5.74, 6) is 1.66. The van der Waals surface area contributed by atoms with Crippen molar-refractivity contribution in [1.82, 2.24) is 4.90 Å². The molecule has 1 saturated heterocycles. The van der Waals surface area contributed by atoms with E-state index in [4.69, 9.17) is 10.5 Å². The van der Waals surface area contributed by atoms with Gasteiger partial charge in [-0.05, 0) is 37.6 Å². The molecular weight excluding hydrogens is 224 g/mol. The highest BCUT2D eigenvalue weighted by atomic mass is 16.5. The van der Waals surface area contributed by atoms with E-state index in [1.165, 1.54) is 45.1 Å². The van der Waals surface area contributed by atoms with E-state index in [9.17, 15) is 0 Å². The van der Waals surface area contributed by atoms with Crippen LogP contribution in [0.15, 0.2) is 0 Å². The van der Waals surface area contributed by atoms with Gasteiger partial charge in [-0.1, -0.05) is 26.2 Å². The Morgan fingerprint density at radius 1 is 1.22 bits per heavy atom. The Hall–Kier alpha value is -0.120. The average molecular weight is 254 g/mol. The molecule has 2 N–H and O–H groups in total. The summed E-state index contributed by atoms with van der Waals surface area (Å²) in [6.07, 6.45) is 8.02. The van der Waals surface area contributed by atoms with Crippen molar-refractivity contribution in [3.05, 3.63) is 0 Å². The van der Waals surface area contributed by atoms with Gasteiger partial charge in [-0.3, -0.25) is 4.90 Å². The Kier molecular flexibility index (Phi) is 5.93. The molecule has 3 unspecified atom stereocenters. The van der Waals surface area contributed by atoms with Gasteiger partial charge in [-0.25, -0.2) is 0 Å². The molecule has 0 spiro atoms. The van der Waals surface area contributed by atoms with Gasteiger partial charge < -0.3 is 10.5 Å². The molecular formula is C15H30N2O. The second kappa shape index (κ2) is 7.46. The lowest BCUT2D eigenvalue weighted by Gasteiger charge is -2.42. The molecule has 0 aromatic rings. The number of nitrogens with two attached hydrogens (primary N) is 1. The highest BCUT2D eigenvalue weighted by molar-refractivity contribution is 4.87. The van der Waals surface area contributed by atoms with E-state index in [-0.39, 0.29) is 0 Å². The Morgan fingerprint density at radius 3 is 2.89 bits per heavy atom. The molecule has 0 aromatic heterocycles. The van der Waals surface area contributed by atoms with Crippen LogP contribution in [0.2, 0.25) is 0 Å². The first-order chi connectivity index (χ1) is 8.85. The summed E-state index contributed by atoms with van der Waals surface area (Å²) in [5.41, 5.74) is 6.00. The fraction of sp³-hybridized carbons (Fsp3) is 1.00. The molecule has 2 fully saturated rings. The zero-order chi connectivity index (χ0) is 12.8. The number of rotatable bonds is 4. The molecule has 0 bridgehead atoms. The van der Waals surface area contributed by atoms with Crippen LogP contribution < -0.4 is 5.73 Å². The summed E-state index contributed by atoms with van der Waals surface area (Å²) in [6, 6.07) is 0.724. The summed E-state index contributed by atoms with van der Waals surface area (Å²) in [5, 5.41) is 0. The number of hydrogen-bond donors (Lipinski definition) is 1. The van der Waals surface area contributed by atoms with Crippen molar-refractivity contribution < 1.29 is 4.74 Å². The number of nitrogens with zero attached hydrogens (tertiary/aromatic N) is 1. The molecule has 3 atom stereocenters. The van der Waals surface area contributed by atoms with Crippen molar-refractivity contribution in [3.63, 3.8) is 0 Å². The minimum Gasteiger partial charge on any atom is -0.380 e. The van der Waals surface area contributed by atoms with Crippen molar-refractivity contribution in [2.45, 2.75) is 51.5 Å². The Bertz CT molecular complexity index is 227. The van der Waals surface area contributed by atoms with E-state index < -0.39 is 0 Å². The predicted molar refractivity (Wildman–Crippen MR) is 75.6 cm³/mol. The maximum atomic E-state index is 6.00. The van der Waals surface area contributed by atoms with Crippen LogP contribution in [-0.2, 0) is 4.74 Å². The molecule has 2 rings (SSSR count). The number of hydrogen-bond acceptors (Lipinski definition) is 3. The summed E-state index contributed by atoms with van der Waals surface area (Å²) >= 11 is 0. The van der Waals surface area contributed by atoms with Gasteiger partial charge >= 0.3 is 0 Å². The molecule has 18 heavy (non-hydrogen) atoms. The lowest BCUT2D eigenvalue weighted by atomic mass is 9.76. The third-order valence-electron chi connectivity index (χ3n) is 4.79. The maximum Gasteiger partial charge on any atom is 0.0593 e. The highest BCUT2D eigenvalue weighted by Crippen LogP contribution is 2.34. The second-order valence-corrected chi connectivity index (χ2v) is 6.03. The van der Waals surface area contributed by atoms with E-state index in [1.807, 2.05) is 0 Å². The van der Waals surface area contributed by atoms with Crippen molar-refractivity contribution in [3.8, 4) is 0 Å². The first-order valence-corrected chi connectivity index (χ1v) is 7.87. The van der Waals surface area contributed by atoms with Crippen LogP contribution in [-0.4, -0.2) is 43.8 Å². The van der Waals surface area contributed by atoms with Crippen LogP contribution in [0.5, 0.6) is 0 Å². The van der Waals surface area contributed by atoms with Crippen molar-refractivity contribution >= 4 is 0 Å². The van der Waals surface area contributed by atoms with Gasteiger partial charge in [-0.15, -0.1) is 0 Å². The minimum atomic E-state index is 0.719. The summed E-state index contributed by atoms with van der Waals surface area (Å²) in [4.78, 5) is 2.67. The summed E-state index contributed by atoms with van der Waals surface area (Å²) in [6.45, 7) is 7.34. The summed E-state index contributed by atoms with van der Waals surface area (Å²) < 4.78 is 5.59. The van der Waals surface area contributed by atoms with Crippen LogP contribution in [0.3, 0.4) is 0 Å². The van der Waals surface area contributed by atoms with E-state index >= 15 is 0 Å². The Labute approximate surface area is 112 Å². The molecule has 106 valence electrons. The second-order valence-electron chi connectivity index (χ2n) is 6.03. The van der Waals surface area contributed by atoms with E-state index in [2.05, 4.69) is 11.8 Å². The molecule has 1 aliphatic carbocycles. The van der Waals surface area contributed by atoms with Crippen molar-refractivity contribution in [2.75, 3.05) is 32.8 Å². The van der Waals surface area contributed by atoms with Crippen LogP contribution in [0, 0.1) is 11.8 Å². The van der Waals surface area contributed by atoms with Crippen LogP contribution in [0.4, 0.5) is 0 Å². The van der Waals surface area contributed by atoms with E-state index in [0.717, 1.165) is 44.2 Å². The third kappa shape index (κ3) is 3.69. The Morgan fingerprint density at radius 2 is 2.11 bits per heavy atom. The monoisotopic (exact) mass is 254 g/mol. The van der Waals surface area contributed by atoms with Gasteiger partial charge in [0, 0.05) is 25.7 Å². The van der Waals surface area contributed by atoms with Gasteiger partial charge in [-0.2, -0.15) is 0 Å². The van der Waals surface area contributed by atoms with Crippen LogP contribution >= 0.6 is 0 Å². The molecule has 3 nitrogen and oxygen atoms in total. The van der Waals surface area contributed by atoms with Crippen molar-refractivity contribution in [2.24, 2.45) is 17.6 Å². The first kappa shape index (κ1) is 14.3. The van der Waals surface area contributed by atoms with Gasteiger partial charge in [0.1, 0.15) is 0 Å². The largest absolute Gasteiger partial charge is 0.380 e. The normalized spacial score (nSPS) is 35.3. The minimum absolute atomic E-state index is 0.719. The molecule has 1 heterocycles. The number of ether oxygens (including phenoxy) is 1.